The highest BCUT2D eigenvalue weighted by molar-refractivity contribution is 5.76. The predicted molar refractivity (Wildman–Crippen MR) is 70.5 cm³/mol. The molecule has 94 valence electrons. The molecule has 0 N–H and O–H groups in total. The first-order valence-corrected chi connectivity index (χ1v) is 6.74. The maximum Gasteiger partial charge on any atom is 0.223 e. The Hall–Kier alpha value is -1.05. The van der Waals surface area contributed by atoms with Crippen LogP contribution in [0, 0.1) is 17.8 Å². The van der Waals surface area contributed by atoms with E-state index in [0.29, 0.717) is 19.0 Å². The van der Waals surface area contributed by atoms with Crippen LogP contribution in [0.25, 0.3) is 0 Å². The molecule has 2 aliphatic rings. The molecule has 2 nitrogen and oxygen atoms in total. The van der Waals surface area contributed by atoms with Gasteiger partial charge < -0.3 is 4.90 Å². The van der Waals surface area contributed by atoms with Crippen LogP contribution in [0.2, 0.25) is 0 Å². The monoisotopic (exact) mass is 233 g/mol. The Morgan fingerprint density at radius 3 is 2.35 bits per heavy atom. The van der Waals surface area contributed by atoms with Gasteiger partial charge in [-0.25, -0.2) is 0 Å². The molecule has 2 fully saturated rings. The molecule has 3 atom stereocenters. The molecule has 0 radical (unpaired) electrons. The van der Waals surface area contributed by atoms with E-state index in [1.165, 1.54) is 25.7 Å². The number of amides is 1. The standard InChI is InChI=1S/C15H23NO/c1-3-7-16(8-4-2)15(17)11-14-10-12-5-6-13(14)9-12/h3-4,12-14H,1-2,5-11H2. The van der Waals surface area contributed by atoms with Crippen molar-refractivity contribution in [2.75, 3.05) is 13.1 Å². The van der Waals surface area contributed by atoms with Crippen LogP contribution in [0.3, 0.4) is 0 Å². The van der Waals surface area contributed by atoms with Gasteiger partial charge in [0.05, 0.1) is 0 Å². The highest BCUT2D eigenvalue weighted by atomic mass is 16.2. The van der Waals surface area contributed by atoms with Gasteiger partial charge in [-0.05, 0) is 37.0 Å². The van der Waals surface area contributed by atoms with Crippen molar-refractivity contribution in [1.82, 2.24) is 4.90 Å². The Labute approximate surface area is 104 Å². The zero-order valence-electron chi connectivity index (χ0n) is 10.6. The van der Waals surface area contributed by atoms with E-state index in [2.05, 4.69) is 13.2 Å². The lowest BCUT2D eigenvalue weighted by Gasteiger charge is -2.25. The van der Waals surface area contributed by atoms with Gasteiger partial charge in [0.1, 0.15) is 0 Å². The lowest BCUT2D eigenvalue weighted by Crippen LogP contribution is -2.33. The fourth-order valence-corrected chi connectivity index (χ4v) is 3.57. The summed E-state index contributed by atoms with van der Waals surface area (Å²) in [6.45, 7) is 8.70. The first kappa shape index (κ1) is 12.4. The molecule has 1 amide bonds. The molecule has 2 saturated carbocycles. The van der Waals surface area contributed by atoms with Gasteiger partial charge in [-0.3, -0.25) is 4.79 Å². The Kier molecular flexibility index (Phi) is 4.03. The number of carbonyl (C=O) groups is 1. The Morgan fingerprint density at radius 2 is 1.88 bits per heavy atom. The largest absolute Gasteiger partial charge is 0.335 e. The number of hydrogen-bond donors (Lipinski definition) is 0. The van der Waals surface area contributed by atoms with Gasteiger partial charge in [-0.15, -0.1) is 13.2 Å². The van der Waals surface area contributed by atoms with Gasteiger partial charge in [0.15, 0.2) is 0 Å². The number of nitrogens with zero attached hydrogens (tertiary/aromatic N) is 1. The molecule has 0 aliphatic heterocycles. The van der Waals surface area contributed by atoms with Crippen LogP contribution in [0.1, 0.15) is 32.1 Å². The van der Waals surface area contributed by atoms with E-state index in [0.717, 1.165) is 18.3 Å². The molecule has 2 aliphatic carbocycles. The predicted octanol–water partition coefficient (Wildman–Crippen LogP) is 3.01. The van der Waals surface area contributed by atoms with Crippen LogP contribution in [0.15, 0.2) is 25.3 Å². The molecule has 2 rings (SSSR count). The normalized spacial score (nSPS) is 30.2. The summed E-state index contributed by atoms with van der Waals surface area (Å²) in [5, 5.41) is 0. The van der Waals surface area contributed by atoms with Crippen molar-refractivity contribution in [2.45, 2.75) is 32.1 Å². The quantitative estimate of drug-likeness (QED) is 0.646. The second kappa shape index (κ2) is 5.52. The van der Waals surface area contributed by atoms with E-state index in [1.807, 2.05) is 4.90 Å². The summed E-state index contributed by atoms with van der Waals surface area (Å²) in [6.07, 6.45) is 9.74. The highest BCUT2D eigenvalue weighted by Gasteiger charge is 2.40. The average molecular weight is 233 g/mol. The van der Waals surface area contributed by atoms with E-state index < -0.39 is 0 Å². The summed E-state index contributed by atoms with van der Waals surface area (Å²) in [4.78, 5) is 14.0. The SMILES string of the molecule is C=CCN(CC=C)C(=O)CC1CC2CCC1C2. The maximum absolute atomic E-state index is 12.2. The van der Waals surface area contributed by atoms with Crippen molar-refractivity contribution in [3.8, 4) is 0 Å². The molecular formula is C15H23NO. The van der Waals surface area contributed by atoms with Crippen LogP contribution in [0.5, 0.6) is 0 Å². The third-order valence-corrected chi connectivity index (χ3v) is 4.37. The second-order valence-corrected chi connectivity index (χ2v) is 5.52. The van der Waals surface area contributed by atoms with Crippen LogP contribution < -0.4 is 0 Å². The van der Waals surface area contributed by atoms with E-state index >= 15 is 0 Å². The minimum Gasteiger partial charge on any atom is -0.335 e. The lowest BCUT2D eigenvalue weighted by atomic mass is 9.86. The van der Waals surface area contributed by atoms with Crippen LogP contribution in [-0.2, 0) is 4.79 Å². The summed E-state index contributed by atoms with van der Waals surface area (Å²) in [7, 11) is 0. The zero-order valence-corrected chi connectivity index (χ0v) is 10.6. The third kappa shape index (κ3) is 2.80. The molecule has 2 heteroatoms. The maximum atomic E-state index is 12.2. The zero-order chi connectivity index (χ0) is 12.3. The summed E-state index contributed by atoms with van der Waals surface area (Å²) in [5.74, 6) is 2.68. The van der Waals surface area contributed by atoms with Gasteiger partial charge in [0, 0.05) is 19.5 Å². The topological polar surface area (TPSA) is 20.3 Å². The van der Waals surface area contributed by atoms with E-state index in [1.54, 1.807) is 12.2 Å². The van der Waals surface area contributed by atoms with Gasteiger partial charge in [0.2, 0.25) is 5.91 Å². The van der Waals surface area contributed by atoms with Crippen molar-refractivity contribution in [1.29, 1.82) is 0 Å². The lowest BCUT2D eigenvalue weighted by molar-refractivity contribution is -0.131. The van der Waals surface area contributed by atoms with Gasteiger partial charge in [0.25, 0.3) is 0 Å². The molecule has 2 bridgehead atoms. The average Bonchev–Trinajstić information content (AvgIpc) is 2.90. The van der Waals surface area contributed by atoms with Crippen molar-refractivity contribution >= 4 is 5.91 Å². The van der Waals surface area contributed by atoms with E-state index in [4.69, 9.17) is 0 Å². The number of carbonyl (C=O) groups excluding carboxylic acids is 1. The molecule has 3 unspecified atom stereocenters. The molecule has 0 aromatic heterocycles. The Bertz CT molecular complexity index is 300. The molecule has 0 aromatic carbocycles. The van der Waals surface area contributed by atoms with Crippen molar-refractivity contribution < 1.29 is 4.79 Å². The third-order valence-electron chi connectivity index (χ3n) is 4.37. The summed E-state index contributed by atoms with van der Waals surface area (Å²) < 4.78 is 0. The molecule has 0 aromatic rings. The van der Waals surface area contributed by atoms with Crippen molar-refractivity contribution in [2.24, 2.45) is 17.8 Å². The molecule has 0 spiro atoms. The van der Waals surface area contributed by atoms with Gasteiger partial charge >= 0.3 is 0 Å². The molecule has 17 heavy (non-hydrogen) atoms. The Balaban J connectivity index is 1.86. The highest BCUT2D eigenvalue weighted by Crippen LogP contribution is 2.49. The summed E-state index contributed by atoms with van der Waals surface area (Å²) in [5.41, 5.74) is 0. The van der Waals surface area contributed by atoms with E-state index in [9.17, 15) is 4.79 Å². The van der Waals surface area contributed by atoms with Crippen LogP contribution in [-0.4, -0.2) is 23.9 Å². The molecular weight excluding hydrogens is 210 g/mol. The smallest absolute Gasteiger partial charge is 0.223 e. The molecule has 0 saturated heterocycles. The summed E-state index contributed by atoms with van der Waals surface area (Å²) in [6, 6.07) is 0. The number of fused-ring (bicyclic) bond motifs is 2. The first-order chi connectivity index (χ1) is 8.24. The minimum absolute atomic E-state index is 0.280. The van der Waals surface area contributed by atoms with Crippen LogP contribution >= 0.6 is 0 Å². The van der Waals surface area contributed by atoms with Gasteiger partial charge in [-0.1, -0.05) is 18.6 Å². The summed E-state index contributed by atoms with van der Waals surface area (Å²) >= 11 is 0. The molecule has 0 heterocycles. The van der Waals surface area contributed by atoms with Crippen molar-refractivity contribution in [3.63, 3.8) is 0 Å². The fourth-order valence-electron chi connectivity index (χ4n) is 3.57. The first-order valence-electron chi connectivity index (χ1n) is 6.74. The van der Waals surface area contributed by atoms with Crippen LogP contribution in [0.4, 0.5) is 0 Å². The van der Waals surface area contributed by atoms with Crippen molar-refractivity contribution in [3.05, 3.63) is 25.3 Å². The second-order valence-electron chi connectivity index (χ2n) is 5.52. The number of hydrogen-bond acceptors (Lipinski definition) is 1. The van der Waals surface area contributed by atoms with Gasteiger partial charge in [-0.2, -0.15) is 0 Å². The minimum atomic E-state index is 0.280. The van der Waals surface area contributed by atoms with E-state index in [-0.39, 0.29) is 5.91 Å². The fraction of sp³-hybridized carbons (Fsp3) is 0.667. The Morgan fingerprint density at radius 1 is 1.18 bits per heavy atom. The number of rotatable bonds is 6.